The Bertz CT molecular complexity index is 293. The molecule has 0 N–H and O–H groups in total. The van der Waals surface area contributed by atoms with Gasteiger partial charge in [-0.3, -0.25) is 0 Å². The van der Waals surface area contributed by atoms with Crippen molar-refractivity contribution in [2.75, 3.05) is 0 Å². The molecule has 1 saturated heterocycles. The standard InChI is InChI=1S/C11H22.C10H20O/c1-10(2,3)8-7-9(8)11(4,5)6;1-9(2,3)7-8(11-7)10(4,5)6/h8-9H,7H2,1-6H3;7-8H,1-6H3. The first kappa shape index (κ1) is 20.0. The Balaban J connectivity index is 0.000000220. The highest BCUT2D eigenvalue weighted by Crippen LogP contribution is 2.58. The van der Waals surface area contributed by atoms with Crippen LogP contribution in [0, 0.1) is 33.5 Å². The molecule has 1 aliphatic heterocycles. The van der Waals surface area contributed by atoms with E-state index in [1.54, 1.807) is 0 Å². The molecular formula is C21H42O. The van der Waals surface area contributed by atoms with E-state index in [4.69, 9.17) is 4.74 Å². The summed E-state index contributed by atoms with van der Waals surface area (Å²) >= 11 is 0. The first-order valence-electron chi connectivity index (χ1n) is 9.11. The van der Waals surface area contributed by atoms with Gasteiger partial charge in [-0.25, -0.2) is 0 Å². The predicted octanol–water partition coefficient (Wildman–Crippen LogP) is 6.56. The van der Waals surface area contributed by atoms with Gasteiger partial charge in [0.05, 0.1) is 12.2 Å². The number of hydrogen-bond acceptors (Lipinski definition) is 1. The van der Waals surface area contributed by atoms with Gasteiger partial charge in [0, 0.05) is 0 Å². The Morgan fingerprint density at radius 1 is 0.500 bits per heavy atom. The van der Waals surface area contributed by atoms with Gasteiger partial charge in [-0.2, -0.15) is 0 Å². The molecule has 0 bridgehead atoms. The van der Waals surface area contributed by atoms with Gasteiger partial charge < -0.3 is 4.74 Å². The fraction of sp³-hybridized carbons (Fsp3) is 1.00. The van der Waals surface area contributed by atoms with Crippen LogP contribution < -0.4 is 0 Å². The Kier molecular flexibility index (Phi) is 5.27. The van der Waals surface area contributed by atoms with Crippen molar-refractivity contribution in [3.8, 4) is 0 Å². The molecule has 0 aromatic carbocycles. The first-order chi connectivity index (χ1) is 9.45. The van der Waals surface area contributed by atoms with Crippen LogP contribution in [-0.2, 0) is 4.74 Å². The van der Waals surface area contributed by atoms with E-state index in [-0.39, 0.29) is 0 Å². The molecule has 1 nitrogen and oxygen atoms in total. The third kappa shape index (κ3) is 5.55. The van der Waals surface area contributed by atoms with Crippen LogP contribution in [0.5, 0.6) is 0 Å². The van der Waals surface area contributed by atoms with Crippen LogP contribution >= 0.6 is 0 Å². The number of ether oxygens (including phenoxy) is 1. The zero-order chi connectivity index (χ0) is 17.7. The minimum absolute atomic E-state index is 0.317. The van der Waals surface area contributed by atoms with Crippen molar-refractivity contribution in [1.82, 2.24) is 0 Å². The average Bonchev–Trinajstić information content (AvgIpc) is 3.07. The van der Waals surface area contributed by atoms with Gasteiger partial charge >= 0.3 is 0 Å². The summed E-state index contributed by atoms with van der Waals surface area (Å²) in [6.45, 7) is 27.6. The van der Waals surface area contributed by atoms with E-state index in [1.165, 1.54) is 6.42 Å². The van der Waals surface area contributed by atoms with Crippen LogP contribution in [0.4, 0.5) is 0 Å². The Hall–Kier alpha value is -0.0400. The highest BCUT2D eigenvalue weighted by atomic mass is 16.6. The molecular weight excluding hydrogens is 268 g/mol. The van der Waals surface area contributed by atoms with Gasteiger partial charge in [-0.1, -0.05) is 83.1 Å². The molecule has 0 aromatic rings. The quantitative estimate of drug-likeness (QED) is 0.461. The van der Waals surface area contributed by atoms with Crippen molar-refractivity contribution in [1.29, 1.82) is 0 Å². The number of hydrogen-bond donors (Lipinski definition) is 0. The van der Waals surface area contributed by atoms with E-state index >= 15 is 0 Å². The van der Waals surface area contributed by atoms with Crippen molar-refractivity contribution < 1.29 is 4.74 Å². The summed E-state index contributed by atoms with van der Waals surface area (Å²) in [5, 5.41) is 0. The highest BCUT2D eigenvalue weighted by molar-refractivity contribution is 5.00. The molecule has 0 aromatic heterocycles. The van der Waals surface area contributed by atoms with E-state index in [2.05, 4.69) is 83.1 Å². The van der Waals surface area contributed by atoms with Crippen molar-refractivity contribution in [3.05, 3.63) is 0 Å². The molecule has 1 saturated carbocycles. The van der Waals surface area contributed by atoms with Crippen LogP contribution in [0.15, 0.2) is 0 Å². The van der Waals surface area contributed by atoms with Crippen molar-refractivity contribution in [2.45, 2.75) is 102 Å². The lowest BCUT2D eigenvalue weighted by molar-refractivity contribution is 0.236. The smallest absolute Gasteiger partial charge is 0.0895 e. The van der Waals surface area contributed by atoms with Gasteiger partial charge in [0.25, 0.3) is 0 Å². The fourth-order valence-corrected chi connectivity index (χ4v) is 3.54. The Labute approximate surface area is 140 Å². The summed E-state index contributed by atoms with van der Waals surface area (Å²) in [5.41, 5.74) is 1.71. The molecule has 4 atom stereocenters. The van der Waals surface area contributed by atoms with Gasteiger partial charge in [-0.05, 0) is 39.9 Å². The second kappa shape index (κ2) is 5.80. The third-order valence-electron chi connectivity index (χ3n) is 5.21. The van der Waals surface area contributed by atoms with Gasteiger partial charge in [-0.15, -0.1) is 0 Å². The molecule has 0 amide bonds. The average molecular weight is 311 g/mol. The minimum Gasteiger partial charge on any atom is -0.368 e. The van der Waals surface area contributed by atoms with E-state index in [9.17, 15) is 0 Å². The second-order valence-electron chi connectivity index (χ2n) is 11.9. The minimum atomic E-state index is 0.317. The molecule has 2 aliphatic rings. The number of rotatable bonds is 0. The van der Waals surface area contributed by atoms with Crippen LogP contribution in [0.25, 0.3) is 0 Å². The van der Waals surface area contributed by atoms with Crippen LogP contribution in [0.3, 0.4) is 0 Å². The maximum absolute atomic E-state index is 5.65. The Morgan fingerprint density at radius 3 is 0.864 bits per heavy atom. The molecule has 0 spiro atoms. The largest absolute Gasteiger partial charge is 0.368 e. The molecule has 2 fully saturated rings. The number of epoxide rings is 1. The lowest BCUT2D eigenvalue weighted by Gasteiger charge is -2.24. The van der Waals surface area contributed by atoms with Crippen LogP contribution in [0.2, 0.25) is 0 Å². The molecule has 1 aliphatic carbocycles. The van der Waals surface area contributed by atoms with Crippen LogP contribution in [-0.4, -0.2) is 12.2 Å². The van der Waals surface area contributed by atoms with E-state index in [1.807, 2.05) is 0 Å². The molecule has 4 unspecified atom stereocenters. The van der Waals surface area contributed by atoms with Crippen molar-refractivity contribution >= 4 is 0 Å². The first-order valence-corrected chi connectivity index (χ1v) is 9.11. The molecule has 2 rings (SSSR count). The van der Waals surface area contributed by atoms with E-state index in [0.29, 0.717) is 33.9 Å². The predicted molar refractivity (Wildman–Crippen MR) is 98.1 cm³/mol. The van der Waals surface area contributed by atoms with Crippen molar-refractivity contribution in [2.24, 2.45) is 33.5 Å². The van der Waals surface area contributed by atoms with Crippen molar-refractivity contribution in [3.63, 3.8) is 0 Å². The SMILES string of the molecule is CC(C)(C)C1CC1C(C)(C)C.CC(C)(C)C1OC1C(C)(C)C. The fourth-order valence-electron chi connectivity index (χ4n) is 3.54. The lowest BCUT2D eigenvalue weighted by Crippen LogP contribution is -2.23. The topological polar surface area (TPSA) is 12.5 Å². The lowest BCUT2D eigenvalue weighted by atomic mass is 9.81. The van der Waals surface area contributed by atoms with Crippen LogP contribution in [0.1, 0.15) is 89.5 Å². The summed E-state index contributed by atoms with van der Waals surface area (Å²) in [4.78, 5) is 0. The van der Waals surface area contributed by atoms with Gasteiger partial charge in [0.15, 0.2) is 0 Å². The maximum Gasteiger partial charge on any atom is 0.0895 e. The van der Waals surface area contributed by atoms with Gasteiger partial charge in [0.1, 0.15) is 0 Å². The molecule has 1 heteroatoms. The summed E-state index contributed by atoms with van der Waals surface area (Å²) in [6, 6.07) is 0. The summed E-state index contributed by atoms with van der Waals surface area (Å²) in [5.74, 6) is 1.95. The summed E-state index contributed by atoms with van der Waals surface area (Å²) in [6.07, 6.45) is 2.40. The van der Waals surface area contributed by atoms with E-state index in [0.717, 1.165) is 11.8 Å². The highest BCUT2D eigenvalue weighted by Gasteiger charge is 2.52. The maximum atomic E-state index is 5.65. The molecule has 22 heavy (non-hydrogen) atoms. The second-order valence-corrected chi connectivity index (χ2v) is 11.9. The molecule has 1 heterocycles. The monoisotopic (exact) mass is 310 g/mol. The molecule has 132 valence electrons. The normalized spacial score (nSPS) is 32.2. The Morgan fingerprint density at radius 2 is 0.773 bits per heavy atom. The summed E-state index contributed by atoms with van der Waals surface area (Å²) < 4.78 is 5.65. The summed E-state index contributed by atoms with van der Waals surface area (Å²) in [7, 11) is 0. The van der Waals surface area contributed by atoms with Gasteiger partial charge in [0.2, 0.25) is 0 Å². The zero-order valence-electron chi connectivity index (χ0n) is 17.4. The zero-order valence-corrected chi connectivity index (χ0v) is 17.4. The molecule has 0 radical (unpaired) electrons. The van der Waals surface area contributed by atoms with E-state index < -0.39 is 0 Å². The third-order valence-corrected chi connectivity index (χ3v) is 5.21.